The predicted molar refractivity (Wildman–Crippen MR) is 140 cm³/mol. The molecule has 0 spiro atoms. The molecule has 8 heteroatoms. The number of oxime groups is 1. The molecular weight excluding hydrogens is 470 g/mol. The van der Waals surface area contributed by atoms with Crippen molar-refractivity contribution in [3.05, 3.63) is 11.6 Å². The van der Waals surface area contributed by atoms with Crippen LogP contribution in [0.5, 0.6) is 0 Å². The van der Waals surface area contributed by atoms with Gasteiger partial charge in [0.15, 0.2) is 12.4 Å². The molecule has 1 saturated heterocycles. The van der Waals surface area contributed by atoms with Crippen molar-refractivity contribution in [2.24, 2.45) is 33.7 Å². The van der Waals surface area contributed by atoms with Crippen LogP contribution in [-0.4, -0.2) is 53.2 Å². The van der Waals surface area contributed by atoms with E-state index in [1.54, 1.807) is 6.92 Å². The Morgan fingerprint density at radius 2 is 1.89 bits per heavy atom. The van der Waals surface area contributed by atoms with Crippen molar-refractivity contribution in [2.45, 2.75) is 103 Å². The van der Waals surface area contributed by atoms with E-state index in [1.165, 1.54) is 5.57 Å². The van der Waals surface area contributed by atoms with Crippen LogP contribution in [0, 0.1) is 28.6 Å². The summed E-state index contributed by atoms with van der Waals surface area (Å²) in [6.45, 7) is 6.58. The number of amides is 2. The minimum absolute atomic E-state index is 0.0664. The molecule has 204 valence electrons. The number of allylic oxidation sites excluding steroid dienone is 2. The molecule has 0 aromatic heterocycles. The fourth-order valence-corrected chi connectivity index (χ4v) is 8.72. The Morgan fingerprint density at radius 1 is 1.11 bits per heavy atom. The molecular formula is C29H43N3O5. The first kappa shape index (κ1) is 26.4. The summed E-state index contributed by atoms with van der Waals surface area (Å²) >= 11 is 0. The van der Waals surface area contributed by atoms with Gasteiger partial charge in [0.1, 0.15) is 11.6 Å². The Hall–Kier alpha value is -2.22. The lowest BCUT2D eigenvalue weighted by molar-refractivity contribution is -0.159. The zero-order valence-corrected chi connectivity index (χ0v) is 22.6. The van der Waals surface area contributed by atoms with Crippen LogP contribution in [0.2, 0.25) is 0 Å². The molecule has 0 aromatic carbocycles. The second-order valence-electron chi connectivity index (χ2n) is 12.7. The number of aliphatic hydroxyl groups is 1. The number of nitrogens with one attached hydrogen (secondary N) is 2. The van der Waals surface area contributed by atoms with Crippen LogP contribution in [0.3, 0.4) is 0 Å². The van der Waals surface area contributed by atoms with Gasteiger partial charge in [-0.1, -0.05) is 24.6 Å². The first-order valence-electron chi connectivity index (χ1n) is 14.3. The topological polar surface area (TPSA) is 117 Å². The number of rotatable bonds is 5. The zero-order chi connectivity index (χ0) is 26.4. The lowest BCUT2D eigenvalue weighted by Gasteiger charge is -2.59. The first-order valence-corrected chi connectivity index (χ1v) is 14.3. The van der Waals surface area contributed by atoms with E-state index in [0.717, 1.165) is 63.5 Å². The van der Waals surface area contributed by atoms with Crippen LogP contribution in [-0.2, 0) is 19.2 Å². The molecule has 0 unspecified atom stereocenters. The minimum atomic E-state index is -1.17. The normalized spacial score (nSPS) is 42.4. The Kier molecular flexibility index (Phi) is 7.01. The van der Waals surface area contributed by atoms with Gasteiger partial charge in [-0.2, -0.15) is 0 Å². The molecule has 3 N–H and O–H groups in total. The standard InChI is InChI=1S/C29H43N3O5/c1-18(33)29(36)14-11-23-21-8-7-19-16-20(9-12-27(19,2)22(21)10-13-28(23,29)3)32-37-17-25(34)31-24-6-4-5-15-30-26(24)35/h16,21-24,36H,4-15,17H2,1-3H3,(H,30,35)(H,31,34)/b32-20-/t21-,22+,23+,24-,27+,28+,29+/m1/s1. The van der Waals surface area contributed by atoms with Gasteiger partial charge in [0.05, 0.1) is 5.71 Å². The summed E-state index contributed by atoms with van der Waals surface area (Å²) < 4.78 is 0. The lowest BCUT2D eigenvalue weighted by atomic mass is 9.46. The summed E-state index contributed by atoms with van der Waals surface area (Å²) in [7, 11) is 0. The fraction of sp³-hybridized carbons (Fsp3) is 0.793. The molecule has 5 aliphatic rings. The van der Waals surface area contributed by atoms with Gasteiger partial charge in [0, 0.05) is 12.0 Å². The molecule has 4 fully saturated rings. The van der Waals surface area contributed by atoms with Gasteiger partial charge >= 0.3 is 0 Å². The molecule has 0 radical (unpaired) electrons. The summed E-state index contributed by atoms with van der Waals surface area (Å²) in [6, 6.07) is -0.498. The number of hydrogen-bond donors (Lipinski definition) is 3. The average Bonchev–Trinajstić information content (AvgIpc) is 2.99. The summed E-state index contributed by atoms with van der Waals surface area (Å²) in [5, 5.41) is 21.2. The van der Waals surface area contributed by atoms with Gasteiger partial charge in [-0.05, 0) is 107 Å². The molecule has 8 nitrogen and oxygen atoms in total. The van der Waals surface area contributed by atoms with Gasteiger partial charge in [0.2, 0.25) is 5.91 Å². The maximum absolute atomic E-state index is 12.4. The number of Topliss-reactive ketones (excluding diaryl/α,β-unsaturated/α-hetero) is 1. The van der Waals surface area contributed by atoms with Crippen LogP contribution in [0.25, 0.3) is 0 Å². The van der Waals surface area contributed by atoms with E-state index in [2.05, 4.69) is 35.7 Å². The number of ketones is 1. The third-order valence-electron chi connectivity index (χ3n) is 11.0. The highest BCUT2D eigenvalue weighted by Gasteiger charge is 2.65. The highest BCUT2D eigenvalue weighted by atomic mass is 16.6. The fourth-order valence-electron chi connectivity index (χ4n) is 8.72. The average molecular weight is 514 g/mol. The Labute approximate surface area is 220 Å². The van der Waals surface area contributed by atoms with E-state index in [4.69, 9.17) is 4.84 Å². The number of fused-ring (bicyclic) bond motifs is 5. The lowest BCUT2D eigenvalue weighted by Crippen LogP contribution is -2.57. The molecule has 0 aromatic rings. The third kappa shape index (κ3) is 4.43. The number of carbonyl (C=O) groups excluding carboxylic acids is 3. The highest BCUT2D eigenvalue weighted by Crippen LogP contribution is 2.67. The van der Waals surface area contributed by atoms with Crippen LogP contribution < -0.4 is 10.6 Å². The molecule has 0 bridgehead atoms. The minimum Gasteiger partial charge on any atom is -0.385 e. The quantitative estimate of drug-likeness (QED) is 0.487. The predicted octanol–water partition coefficient (Wildman–Crippen LogP) is 3.43. The maximum Gasteiger partial charge on any atom is 0.261 e. The van der Waals surface area contributed by atoms with Gasteiger partial charge in [-0.15, -0.1) is 0 Å². The van der Waals surface area contributed by atoms with E-state index >= 15 is 0 Å². The molecule has 1 heterocycles. The van der Waals surface area contributed by atoms with E-state index in [-0.39, 0.29) is 35.0 Å². The van der Waals surface area contributed by atoms with Crippen LogP contribution in [0.4, 0.5) is 0 Å². The van der Waals surface area contributed by atoms with Crippen LogP contribution in [0.1, 0.15) is 91.4 Å². The van der Waals surface area contributed by atoms with Crippen molar-refractivity contribution in [3.8, 4) is 0 Å². The van der Waals surface area contributed by atoms with Crippen molar-refractivity contribution in [1.29, 1.82) is 0 Å². The Morgan fingerprint density at radius 3 is 2.68 bits per heavy atom. The molecule has 1 aliphatic heterocycles. The van der Waals surface area contributed by atoms with Crippen molar-refractivity contribution in [1.82, 2.24) is 10.6 Å². The van der Waals surface area contributed by atoms with Crippen molar-refractivity contribution < 1.29 is 24.3 Å². The number of hydrogen-bond acceptors (Lipinski definition) is 6. The maximum atomic E-state index is 12.4. The third-order valence-corrected chi connectivity index (χ3v) is 11.0. The van der Waals surface area contributed by atoms with E-state index < -0.39 is 11.6 Å². The monoisotopic (exact) mass is 513 g/mol. The Bertz CT molecular complexity index is 1020. The summed E-state index contributed by atoms with van der Waals surface area (Å²) in [4.78, 5) is 42.2. The smallest absolute Gasteiger partial charge is 0.261 e. The summed E-state index contributed by atoms with van der Waals surface area (Å²) in [5.41, 5.74) is 0.911. The molecule has 4 aliphatic carbocycles. The zero-order valence-electron chi connectivity index (χ0n) is 22.6. The van der Waals surface area contributed by atoms with E-state index in [0.29, 0.717) is 37.1 Å². The molecule has 37 heavy (non-hydrogen) atoms. The van der Waals surface area contributed by atoms with E-state index in [1.807, 2.05) is 0 Å². The van der Waals surface area contributed by atoms with Gasteiger partial charge in [-0.25, -0.2) is 0 Å². The SMILES string of the molecule is CC(=O)[C@@]1(O)CC[C@H]2[C@@H]3CCC4=C/C(=N\OCC(=O)N[C@@H]5CCCCNC5=O)CC[C@]4(C)[C@H]3CC[C@@]21C. The summed E-state index contributed by atoms with van der Waals surface area (Å²) in [5.74, 6) is 0.963. The molecule has 5 rings (SSSR count). The molecule has 3 saturated carbocycles. The molecule has 7 atom stereocenters. The van der Waals surface area contributed by atoms with Crippen LogP contribution >= 0.6 is 0 Å². The number of carbonyl (C=O) groups is 3. The largest absolute Gasteiger partial charge is 0.385 e. The van der Waals surface area contributed by atoms with Crippen LogP contribution in [0.15, 0.2) is 16.8 Å². The van der Waals surface area contributed by atoms with Crippen molar-refractivity contribution >= 4 is 23.3 Å². The summed E-state index contributed by atoms with van der Waals surface area (Å²) in [6.07, 6.45) is 12.0. The Balaban J connectivity index is 1.22. The van der Waals surface area contributed by atoms with Crippen molar-refractivity contribution in [3.63, 3.8) is 0 Å². The van der Waals surface area contributed by atoms with Gasteiger partial charge < -0.3 is 20.6 Å². The van der Waals surface area contributed by atoms with Crippen molar-refractivity contribution in [2.75, 3.05) is 13.2 Å². The molecule has 2 amide bonds. The van der Waals surface area contributed by atoms with E-state index in [9.17, 15) is 19.5 Å². The van der Waals surface area contributed by atoms with Gasteiger partial charge in [0.25, 0.3) is 5.91 Å². The number of nitrogens with zero attached hydrogens (tertiary/aromatic N) is 1. The second-order valence-corrected chi connectivity index (χ2v) is 12.7. The first-order chi connectivity index (χ1) is 17.6. The second kappa shape index (κ2) is 9.83. The highest BCUT2D eigenvalue weighted by molar-refractivity contribution is 5.96. The van der Waals surface area contributed by atoms with Gasteiger partial charge in [-0.3, -0.25) is 14.4 Å².